The summed E-state index contributed by atoms with van der Waals surface area (Å²) in [4.78, 5) is 20.2. The highest BCUT2D eigenvalue weighted by atomic mass is 35.5. The van der Waals surface area contributed by atoms with E-state index in [-0.39, 0.29) is 36.3 Å². The largest absolute Gasteiger partial charge is 0.380 e. The third-order valence-electron chi connectivity index (χ3n) is 2.62. The van der Waals surface area contributed by atoms with Gasteiger partial charge in [-0.05, 0) is 0 Å². The molecule has 1 unspecified atom stereocenters. The fourth-order valence-corrected chi connectivity index (χ4v) is 1.46. The Morgan fingerprint density at radius 1 is 1.40 bits per heavy atom. The van der Waals surface area contributed by atoms with Crippen LogP contribution in [0.1, 0.15) is 33.0 Å². The summed E-state index contributed by atoms with van der Waals surface area (Å²) >= 11 is 0. The molecule has 114 valence electrons. The summed E-state index contributed by atoms with van der Waals surface area (Å²) in [5.74, 6) is 0.576. The van der Waals surface area contributed by atoms with E-state index < -0.39 is 0 Å². The lowest BCUT2D eigenvalue weighted by atomic mass is 9.96. The van der Waals surface area contributed by atoms with Crippen LogP contribution in [0.3, 0.4) is 0 Å². The lowest BCUT2D eigenvalue weighted by molar-refractivity contribution is -0.118. The molecule has 3 N–H and O–H groups in total. The Morgan fingerprint density at radius 2 is 1.95 bits per heavy atom. The van der Waals surface area contributed by atoms with Crippen LogP contribution in [-0.4, -0.2) is 35.6 Å². The highest BCUT2D eigenvalue weighted by Gasteiger charge is 2.17. The van der Waals surface area contributed by atoms with Crippen molar-refractivity contribution in [3.63, 3.8) is 0 Å². The number of aromatic nitrogens is 2. The second-order valence-corrected chi connectivity index (χ2v) is 5.39. The first-order valence-electron chi connectivity index (χ1n) is 6.22. The van der Waals surface area contributed by atoms with Crippen LogP contribution in [-0.2, 0) is 14.9 Å². The molecule has 0 saturated carbocycles. The van der Waals surface area contributed by atoms with Crippen molar-refractivity contribution in [2.75, 3.05) is 19.0 Å². The number of rotatable bonds is 5. The van der Waals surface area contributed by atoms with E-state index >= 15 is 0 Å². The van der Waals surface area contributed by atoms with E-state index in [1.807, 2.05) is 20.8 Å². The Morgan fingerprint density at radius 3 is 2.35 bits per heavy atom. The molecule has 0 bridgehead atoms. The minimum Gasteiger partial charge on any atom is -0.380 e. The summed E-state index contributed by atoms with van der Waals surface area (Å²) in [5, 5.41) is 2.72. The molecule has 0 saturated heterocycles. The Hall–Kier alpha value is -1.24. The van der Waals surface area contributed by atoms with Crippen LogP contribution >= 0.6 is 12.4 Å². The standard InChI is InChI=1S/C13H22N4O2.ClH/c1-13(2,3)12-15-7-9(8-16-12)17-11(18)5-10(6-14)19-4;/h7-8,10H,5-6,14H2,1-4H3,(H,17,18);1H. The highest BCUT2D eigenvalue weighted by molar-refractivity contribution is 5.90. The van der Waals surface area contributed by atoms with Gasteiger partial charge in [-0.1, -0.05) is 20.8 Å². The topological polar surface area (TPSA) is 90.1 Å². The zero-order valence-corrected chi connectivity index (χ0v) is 13.2. The van der Waals surface area contributed by atoms with Gasteiger partial charge in [0.2, 0.25) is 5.91 Å². The molecule has 0 fully saturated rings. The summed E-state index contributed by atoms with van der Waals surface area (Å²) in [6.45, 7) is 6.41. The van der Waals surface area contributed by atoms with Crippen LogP contribution in [0.25, 0.3) is 0 Å². The number of carbonyl (C=O) groups is 1. The van der Waals surface area contributed by atoms with Crippen LogP contribution in [0, 0.1) is 0 Å². The monoisotopic (exact) mass is 302 g/mol. The summed E-state index contributed by atoms with van der Waals surface area (Å²) in [7, 11) is 1.53. The molecule has 1 rings (SSSR count). The van der Waals surface area contributed by atoms with Gasteiger partial charge in [0.15, 0.2) is 0 Å². The number of hydrogen-bond donors (Lipinski definition) is 2. The number of anilines is 1. The molecule has 20 heavy (non-hydrogen) atoms. The van der Waals surface area contributed by atoms with Crippen molar-refractivity contribution < 1.29 is 9.53 Å². The lowest BCUT2D eigenvalue weighted by Gasteiger charge is -2.16. The van der Waals surface area contributed by atoms with Gasteiger partial charge in [-0.15, -0.1) is 12.4 Å². The average Bonchev–Trinajstić information content (AvgIpc) is 2.35. The van der Waals surface area contributed by atoms with E-state index in [1.54, 1.807) is 12.4 Å². The number of carbonyl (C=O) groups excluding carboxylic acids is 1. The number of halogens is 1. The van der Waals surface area contributed by atoms with Gasteiger partial charge in [0.05, 0.1) is 30.6 Å². The van der Waals surface area contributed by atoms with Gasteiger partial charge in [-0.2, -0.15) is 0 Å². The predicted molar refractivity (Wildman–Crippen MR) is 81.1 cm³/mol. The van der Waals surface area contributed by atoms with E-state index in [0.29, 0.717) is 12.2 Å². The minimum atomic E-state index is -0.269. The molecule has 1 amide bonds. The molecule has 0 radical (unpaired) electrons. The molecule has 1 aromatic heterocycles. The highest BCUT2D eigenvalue weighted by Crippen LogP contribution is 2.18. The van der Waals surface area contributed by atoms with E-state index in [2.05, 4.69) is 15.3 Å². The van der Waals surface area contributed by atoms with Crippen molar-refractivity contribution in [2.24, 2.45) is 5.73 Å². The molecule has 0 aliphatic heterocycles. The first kappa shape index (κ1) is 18.8. The van der Waals surface area contributed by atoms with Crippen molar-refractivity contribution in [1.82, 2.24) is 9.97 Å². The molecular weight excluding hydrogens is 280 g/mol. The first-order valence-corrected chi connectivity index (χ1v) is 6.22. The fourth-order valence-electron chi connectivity index (χ4n) is 1.46. The molecule has 0 aromatic carbocycles. The first-order chi connectivity index (χ1) is 8.86. The predicted octanol–water partition coefficient (Wildman–Crippen LogP) is 1.50. The molecule has 0 aliphatic carbocycles. The Labute approximate surface area is 125 Å². The smallest absolute Gasteiger partial charge is 0.227 e. The zero-order chi connectivity index (χ0) is 14.5. The number of nitrogens with two attached hydrogens (primary N) is 1. The van der Waals surface area contributed by atoms with E-state index in [1.165, 1.54) is 7.11 Å². The van der Waals surface area contributed by atoms with Crippen molar-refractivity contribution in [3.8, 4) is 0 Å². The van der Waals surface area contributed by atoms with Gasteiger partial charge in [-0.25, -0.2) is 9.97 Å². The maximum Gasteiger partial charge on any atom is 0.227 e. The van der Waals surface area contributed by atoms with Crippen molar-refractivity contribution in [2.45, 2.75) is 38.7 Å². The quantitative estimate of drug-likeness (QED) is 0.860. The second kappa shape index (κ2) is 8.14. The Balaban J connectivity index is 0.00000361. The van der Waals surface area contributed by atoms with Crippen LogP contribution < -0.4 is 11.1 Å². The average molecular weight is 303 g/mol. The molecule has 1 atom stereocenters. The molecule has 0 spiro atoms. The van der Waals surface area contributed by atoms with Gasteiger partial charge in [-0.3, -0.25) is 4.79 Å². The van der Waals surface area contributed by atoms with Crippen LogP contribution in [0.2, 0.25) is 0 Å². The van der Waals surface area contributed by atoms with Crippen LogP contribution in [0.4, 0.5) is 5.69 Å². The molecule has 0 aliphatic rings. The minimum absolute atomic E-state index is 0. The molecular formula is C13H23ClN4O2. The summed E-state index contributed by atoms with van der Waals surface area (Å²) in [6, 6.07) is 0. The summed E-state index contributed by atoms with van der Waals surface area (Å²) in [6.07, 6.45) is 3.16. The maximum absolute atomic E-state index is 11.7. The van der Waals surface area contributed by atoms with Gasteiger partial charge in [0.25, 0.3) is 0 Å². The van der Waals surface area contributed by atoms with Crippen LogP contribution in [0.15, 0.2) is 12.4 Å². The number of ether oxygens (including phenoxy) is 1. The van der Waals surface area contributed by atoms with Crippen molar-refractivity contribution in [3.05, 3.63) is 18.2 Å². The van der Waals surface area contributed by atoms with Gasteiger partial charge >= 0.3 is 0 Å². The fraction of sp³-hybridized carbons (Fsp3) is 0.615. The number of nitrogens with zero attached hydrogens (tertiary/aromatic N) is 2. The summed E-state index contributed by atoms with van der Waals surface area (Å²) < 4.78 is 5.05. The molecule has 1 heterocycles. The zero-order valence-electron chi connectivity index (χ0n) is 12.3. The summed E-state index contributed by atoms with van der Waals surface area (Å²) in [5.41, 5.74) is 5.93. The van der Waals surface area contributed by atoms with E-state index in [4.69, 9.17) is 10.5 Å². The maximum atomic E-state index is 11.7. The van der Waals surface area contributed by atoms with Gasteiger partial charge < -0.3 is 15.8 Å². The number of nitrogens with one attached hydrogen (secondary N) is 1. The van der Waals surface area contributed by atoms with E-state index in [0.717, 1.165) is 5.82 Å². The normalized spacial score (nSPS) is 12.4. The Kier molecular flexibility index (Phi) is 7.63. The van der Waals surface area contributed by atoms with Gasteiger partial charge in [0, 0.05) is 19.1 Å². The van der Waals surface area contributed by atoms with Crippen molar-refractivity contribution in [1.29, 1.82) is 0 Å². The van der Waals surface area contributed by atoms with Crippen LogP contribution in [0.5, 0.6) is 0 Å². The molecule has 1 aromatic rings. The second-order valence-electron chi connectivity index (χ2n) is 5.39. The number of hydrogen-bond acceptors (Lipinski definition) is 5. The Bertz CT molecular complexity index is 413. The third-order valence-corrected chi connectivity index (χ3v) is 2.62. The van der Waals surface area contributed by atoms with Crippen molar-refractivity contribution >= 4 is 24.0 Å². The molecule has 6 nitrogen and oxygen atoms in total. The number of methoxy groups -OCH3 is 1. The third kappa shape index (κ3) is 5.81. The SMILES string of the molecule is COC(CN)CC(=O)Nc1cnc(C(C)(C)C)nc1.Cl. The molecule has 7 heteroatoms. The lowest BCUT2D eigenvalue weighted by Crippen LogP contribution is -2.28. The van der Waals surface area contributed by atoms with E-state index in [9.17, 15) is 4.79 Å². The van der Waals surface area contributed by atoms with Gasteiger partial charge in [0.1, 0.15) is 5.82 Å². The number of amides is 1.